The topological polar surface area (TPSA) is 66.0 Å². The molecule has 0 amide bonds. The number of thioether (sulfide) groups is 1. The Morgan fingerprint density at radius 3 is 2.76 bits per heavy atom. The number of rotatable bonds is 4. The van der Waals surface area contributed by atoms with Gasteiger partial charge in [0, 0.05) is 5.25 Å². The van der Waals surface area contributed by atoms with Gasteiger partial charge in [-0.15, -0.1) is 0 Å². The standard InChI is InChI=1S/C12H14N2O2S/c1-7(11(15)16)8(2)17-12-13-9-5-3-4-6-10(9)14-12/h3-8H,1-2H3,(H,13,14)(H,15,16). The maximum atomic E-state index is 10.9. The monoisotopic (exact) mass is 250 g/mol. The molecule has 2 atom stereocenters. The van der Waals surface area contributed by atoms with E-state index in [0.717, 1.165) is 16.2 Å². The Hall–Kier alpha value is -1.49. The number of carboxylic acids is 1. The molecule has 0 aliphatic rings. The second-order valence-corrected chi connectivity index (χ2v) is 5.37. The van der Waals surface area contributed by atoms with Crippen molar-refractivity contribution in [3.8, 4) is 0 Å². The lowest BCUT2D eigenvalue weighted by molar-refractivity contribution is -0.140. The van der Waals surface area contributed by atoms with Gasteiger partial charge in [-0.2, -0.15) is 0 Å². The summed E-state index contributed by atoms with van der Waals surface area (Å²) in [6.45, 7) is 3.61. The van der Waals surface area contributed by atoms with Crippen LogP contribution in [0, 0.1) is 5.92 Å². The molecule has 1 aromatic heterocycles. The van der Waals surface area contributed by atoms with Gasteiger partial charge in [0.05, 0.1) is 17.0 Å². The largest absolute Gasteiger partial charge is 0.481 e. The second-order valence-electron chi connectivity index (χ2n) is 4.01. The summed E-state index contributed by atoms with van der Waals surface area (Å²) in [4.78, 5) is 18.4. The number of aromatic amines is 1. The van der Waals surface area contributed by atoms with E-state index < -0.39 is 11.9 Å². The SMILES string of the molecule is CC(Sc1nc2ccccc2[nH]1)C(C)C(=O)O. The third-order valence-electron chi connectivity index (χ3n) is 2.76. The molecule has 0 saturated heterocycles. The van der Waals surface area contributed by atoms with Gasteiger partial charge in [0.2, 0.25) is 0 Å². The number of imidazole rings is 1. The molecular formula is C12H14N2O2S. The number of aromatic nitrogens is 2. The molecule has 0 bridgehead atoms. The zero-order valence-corrected chi connectivity index (χ0v) is 10.5. The Bertz CT molecular complexity index is 505. The van der Waals surface area contributed by atoms with Crippen molar-refractivity contribution in [2.45, 2.75) is 24.3 Å². The van der Waals surface area contributed by atoms with Gasteiger partial charge in [-0.1, -0.05) is 37.7 Å². The van der Waals surface area contributed by atoms with Gasteiger partial charge in [0.15, 0.2) is 5.16 Å². The molecule has 0 spiro atoms. The summed E-state index contributed by atoms with van der Waals surface area (Å²) in [5.74, 6) is -1.17. The molecule has 1 aromatic carbocycles. The van der Waals surface area contributed by atoms with Gasteiger partial charge >= 0.3 is 5.97 Å². The lowest BCUT2D eigenvalue weighted by Gasteiger charge is -2.13. The highest BCUT2D eigenvalue weighted by atomic mass is 32.2. The number of carboxylic acid groups (broad SMARTS) is 1. The number of H-pyrrole nitrogens is 1. The van der Waals surface area contributed by atoms with Gasteiger partial charge in [0.25, 0.3) is 0 Å². The number of nitrogens with one attached hydrogen (secondary N) is 1. The third-order valence-corrected chi connectivity index (χ3v) is 3.96. The van der Waals surface area contributed by atoms with E-state index in [0.29, 0.717) is 0 Å². The van der Waals surface area contributed by atoms with Crippen molar-refractivity contribution in [1.29, 1.82) is 0 Å². The quantitative estimate of drug-likeness (QED) is 0.819. The number of aliphatic carboxylic acids is 1. The number of fused-ring (bicyclic) bond motifs is 1. The fourth-order valence-corrected chi connectivity index (χ4v) is 2.46. The number of hydrogen-bond donors (Lipinski definition) is 2. The summed E-state index contributed by atoms with van der Waals surface area (Å²) >= 11 is 1.46. The van der Waals surface area contributed by atoms with Crippen LogP contribution in [0.4, 0.5) is 0 Å². The Morgan fingerprint density at radius 1 is 1.41 bits per heavy atom. The van der Waals surface area contributed by atoms with Crippen LogP contribution < -0.4 is 0 Å². The minimum Gasteiger partial charge on any atom is -0.481 e. The van der Waals surface area contributed by atoms with E-state index in [2.05, 4.69) is 9.97 Å². The highest BCUT2D eigenvalue weighted by Crippen LogP contribution is 2.27. The Labute approximate surface area is 103 Å². The molecule has 2 rings (SSSR count). The summed E-state index contributed by atoms with van der Waals surface area (Å²) in [6, 6.07) is 7.76. The Kier molecular flexibility index (Phi) is 3.38. The maximum absolute atomic E-state index is 10.9. The van der Waals surface area contributed by atoms with Gasteiger partial charge in [-0.05, 0) is 12.1 Å². The van der Waals surface area contributed by atoms with E-state index in [1.165, 1.54) is 11.8 Å². The molecule has 0 aliphatic heterocycles. The van der Waals surface area contributed by atoms with E-state index in [9.17, 15) is 4.79 Å². The van der Waals surface area contributed by atoms with E-state index in [1.807, 2.05) is 31.2 Å². The van der Waals surface area contributed by atoms with E-state index in [-0.39, 0.29) is 5.25 Å². The first kappa shape index (κ1) is 12.0. The average Bonchev–Trinajstić information content (AvgIpc) is 2.69. The van der Waals surface area contributed by atoms with Crippen molar-refractivity contribution in [3.05, 3.63) is 24.3 Å². The van der Waals surface area contributed by atoms with Crippen molar-refractivity contribution in [2.24, 2.45) is 5.92 Å². The van der Waals surface area contributed by atoms with Crippen molar-refractivity contribution in [3.63, 3.8) is 0 Å². The molecule has 2 unspecified atom stereocenters. The van der Waals surface area contributed by atoms with Crippen molar-refractivity contribution in [2.75, 3.05) is 0 Å². The van der Waals surface area contributed by atoms with E-state index in [4.69, 9.17) is 5.11 Å². The number of carbonyl (C=O) groups is 1. The van der Waals surface area contributed by atoms with E-state index in [1.54, 1.807) is 6.92 Å². The van der Waals surface area contributed by atoms with Gasteiger partial charge < -0.3 is 10.1 Å². The molecule has 1 heterocycles. The molecule has 0 radical (unpaired) electrons. The maximum Gasteiger partial charge on any atom is 0.307 e. The van der Waals surface area contributed by atoms with Crippen LogP contribution in [0.15, 0.2) is 29.4 Å². The Balaban J connectivity index is 2.15. The fourth-order valence-electron chi connectivity index (χ4n) is 1.46. The first-order valence-corrected chi connectivity index (χ1v) is 6.30. The van der Waals surface area contributed by atoms with Crippen LogP contribution in [0.3, 0.4) is 0 Å². The predicted octanol–water partition coefficient (Wildman–Crippen LogP) is 2.76. The van der Waals surface area contributed by atoms with Crippen LogP contribution in [0.25, 0.3) is 11.0 Å². The van der Waals surface area contributed by atoms with Gasteiger partial charge in [-0.25, -0.2) is 4.98 Å². The zero-order valence-electron chi connectivity index (χ0n) is 9.68. The van der Waals surface area contributed by atoms with Crippen LogP contribution in [-0.2, 0) is 4.79 Å². The molecule has 2 N–H and O–H groups in total. The van der Waals surface area contributed by atoms with E-state index >= 15 is 0 Å². The summed E-state index contributed by atoms with van der Waals surface area (Å²) in [7, 11) is 0. The minimum atomic E-state index is -0.777. The highest BCUT2D eigenvalue weighted by Gasteiger charge is 2.21. The van der Waals surface area contributed by atoms with Crippen LogP contribution in [-0.4, -0.2) is 26.3 Å². The second kappa shape index (κ2) is 4.79. The molecular weight excluding hydrogens is 236 g/mol. The molecule has 0 fully saturated rings. The van der Waals surface area contributed by atoms with Gasteiger partial charge in [0.1, 0.15) is 0 Å². The normalized spacial score (nSPS) is 14.7. The molecule has 0 aliphatic carbocycles. The molecule has 90 valence electrons. The summed E-state index contributed by atoms with van der Waals surface area (Å²) < 4.78 is 0. The molecule has 2 aromatic rings. The molecule has 4 nitrogen and oxygen atoms in total. The fraction of sp³-hybridized carbons (Fsp3) is 0.333. The summed E-state index contributed by atoms with van der Waals surface area (Å²) in [6.07, 6.45) is 0. The van der Waals surface area contributed by atoms with Crippen LogP contribution in [0.1, 0.15) is 13.8 Å². The first-order valence-electron chi connectivity index (χ1n) is 5.42. The number of nitrogens with zero attached hydrogens (tertiary/aromatic N) is 1. The molecule has 0 saturated carbocycles. The lowest BCUT2D eigenvalue weighted by Crippen LogP contribution is -2.20. The zero-order chi connectivity index (χ0) is 12.4. The smallest absolute Gasteiger partial charge is 0.307 e. The molecule has 5 heteroatoms. The highest BCUT2D eigenvalue weighted by molar-refractivity contribution is 7.99. The average molecular weight is 250 g/mol. The molecule has 17 heavy (non-hydrogen) atoms. The first-order chi connectivity index (χ1) is 8.08. The summed E-state index contributed by atoms with van der Waals surface area (Å²) in [5, 5.41) is 9.68. The minimum absolute atomic E-state index is 0.0203. The number of hydrogen-bond acceptors (Lipinski definition) is 3. The van der Waals surface area contributed by atoms with Crippen molar-refractivity contribution >= 4 is 28.8 Å². The predicted molar refractivity (Wildman–Crippen MR) is 68.2 cm³/mol. The Morgan fingerprint density at radius 2 is 2.12 bits per heavy atom. The van der Waals surface area contributed by atoms with Crippen molar-refractivity contribution in [1.82, 2.24) is 9.97 Å². The third kappa shape index (κ3) is 2.61. The van der Waals surface area contributed by atoms with Crippen molar-refractivity contribution < 1.29 is 9.90 Å². The van der Waals surface area contributed by atoms with Gasteiger partial charge in [-0.3, -0.25) is 4.79 Å². The lowest BCUT2D eigenvalue weighted by atomic mass is 10.1. The number of benzene rings is 1. The van der Waals surface area contributed by atoms with Crippen LogP contribution in [0.2, 0.25) is 0 Å². The summed E-state index contributed by atoms with van der Waals surface area (Å²) in [5.41, 5.74) is 1.88. The van der Waals surface area contributed by atoms with Crippen LogP contribution >= 0.6 is 11.8 Å². The van der Waals surface area contributed by atoms with Crippen LogP contribution in [0.5, 0.6) is 0 Å². The number of para-hydroxylation sites is 2.